The topological polar surface area (TPSA) is 36.4 Å². The van der Waals surface area contributed by atoms with Crippen molar-refractivity contribution in [3.8, 4) is 0 Å². The Labute approximate surface area is 132 Å². The third-order valence-corrected chi connectivity index (χ3v) is 3.82. The fourth-order valence-corrected chi connectivity index (χ4v) is 2.93. The van der Waals surface area contributed by atoms with E-state index in [4.69, 9.17) is 0 Å². The first kappa shape index (κ1) is 16.5. The number of aromatic nitrogens is 1. The van der Waals surface area contributed by atoms with E-state index in [0.717, 1.165) is 5.69 Å². The monoisotopic (exact) mass is 325 g/mol. The molecule has 1 amide bonds. The van der Waals surface area contributed by atoms with Crippen molar-refractivity contribution in [3.63, 3.8) is 0 Å². The summed E-state index contributed by atoms with van der Waals surface area (Å²) in [5, 5.41) is 2.33. The second-order valence-corrected chi connectivity index (χ2v) is 5.74. The molecule has 0 fully saturated rings. The summed E-state index contributed by atoms with van der Waals surface area (Å²) in [5.41, 5.74) is 1.40. The number of hydrogen-bond donors (Lipinski definition) is 0. The van der Waals surface area contributed by atoms with E-state index >= 15 is 0 Å². The first-order chi connectivity index (χ1) is 10.5. The van der Waals surface area contributed by atoms with Crippen LogP contribution in [0.15, 0.2) is 35.7 Å². The Kier molecular flexibility index (Phi) is 5.57. The molecule has 0 radical (unpaired) electrons. The normalized spacial score (nSPS) is 11.2. The molecule has 0 saturated heterocycles. The quantitative estimate of drug-likeness (QED) is 0.815. The van der Waals surface area contributed by atoms with E-state index in [9.17, 15) is 13.6 Å². The molecule has 0 N–H and O–H groups in total. The van der Waals surface area contributed by atoms with E-state index < -0.39 is 6.43 Å². The molecular weight excluding hydrogens is 308 g/mol. The molecule has 0 aliphatic rings. The standard InChI is InChI=1S/C15H17F2N3OS/c1-11(21)20(13-6-4-3-5-7-13)15-18-12(10-22-15)8-19(2)9-14(16)17/h3-7,10,14H,8-9H2,1-2H3. The van der Waals surface area contributed by atoms with Crippen LogP contribution in [0.2, 0.25) is 0 Å². The van der Waals surface area contributed by atoms with Crippen LogP contribution in [0.25, 0.3) is 0 Å². The third-order valence-electron chi connectivity index (χ3n) is 2.94. The van der Waals surface area contributed by atoms with Gasteiger partial charge in [0.2, 0.25) is 5.91 Å². The number of benzene rings is 1. The molecule has 0 aliphatic heterocycles. The van der Waals surface area contributed by atoms with Gasteiger partial charge in [0.1, 0.15) is 0 Å². The van der Waals surface area contributed by atoms with Gasteiger partial charge >= 0.3 is 0 Å². The van der Waals surface area contributed by atoms with Crippen LogP contribution in [0.4, 0.5) is 19.6 Å². The van der Waals surface area contributed by atoms with Gasteiger partial charge in [-0.25, -0.2) is 13.8 Å². The number of carbonyl (C=O) groups excluding carboxylic acids is 1. The highest BCUT2D eigenvalue weighted by molar-refractivity contribution is 7.14. The molecule has 0 aliphatic carbocycles. The average molecular weight is 325 g/mol. The van der Waals surface area contributed by atoms with Crippen LogP contribution in [0.1, 0.15) is 12.6 Å². The summed E-state index contributed by atoms with van der Waals surface area (Å²) in [6.45, 7) is 1.49. The Balaban J connectivity index is 2.16. The van der Waals surface area contributed by atoms with E-state index in [2.05, 4.69) is 4.98 Å². The maximum atomic E-state index is 12.3. The minimum atomic E-state index is -2.37. The molecule has 0 bridgehead atoms. The molecule has 4 nitrogen and oxygen atoms in total. The van der Waals surface area contributed by atoms with Crippen LogP contribution in [0, 0.1) is 0 Å². The van der Waals surface area contributed by atoms with Crippen LogP contribution in [0.3, 0.4) is 0 Å². The molecule has 118 valence electrons. The summed E-state index contributed by atoms with van der Waals surface area (Å²) in [6.07, 6.45) is -2.37. The Hall–Kier alpha value is -1.86. The van der Waals surface area contributed by atoms with Gasteiger partial charge in [0.15, 0.2) is 5.13 Å². The van der Waals surface area contributed by atoms with Crippen LogP contribution in [-0.4, -0.2) is 35.8 Å². The number of anilines is 2. The summed E-state index contributed by atoms with van der Waals surface area (Å²) in [6, 6.07) is 9.21. The zero-order chi connectivity index (χ0) is 16.1. The second kappa shape index (κ2) is 7.42. The van der Waals surface area contributed by atoms with Crippen LogP contribution >= 0.6 is 11.3 Å². The molecule has 2 rings (SSSR count). The van der Waals surface area contributed by atoms with Gasteiger partial charge in [-0.3, -0.25) is 14.6 Å². The first-order valence-electron chi connectivity index (χ1n) is 6.74. The summed E-state index contributed by atoms with van der Waals surface area (Å²) in [4.78, 5) is 19.3. The lowest BCUT2D eigenvalue weighted by molar-refractivity contribution is -0.115. The molecule has 1 aromatic carbocycles. The summed E-state index contributed by atoms with van der Waals surface area (Å²) in [7, 11) is 1.62. The van der Waals surface area contributed by atoms with Crippen LogP contribution < -0.4 is 4.90 Å². The van der Waals surface area contributed by atoms with Crippen LogP contribution in [-0.2, 0) is 11.3 Å². The Morgan fingerprint density at radius 3 is 2.59 bits per heavy atom. The van der Waals surface area contributed by atoms with Gasteiger partial charge in [-0.15, -0.1) is 11.3 Å². The molecule has 1 aromatic heterocycles. The number of para-hydroxylation sites is 1. The zero-order valence-electron chi connectivity index (χ0n) is 12.4. The number of thiazole rings is 1. The van der Waals surface area contributed by atoms with E-state index in [1.165, 1.54) is 28.1 Å². The number of alkyl halides is 2. The number of amides is 1. The van der Waals surface area contributed by atoms with Crippen molar-refractivity contribution in [1.82, 2.24) is 9.88 Å². The molecule has 1 heterocycles. The fourth-order valence-electron chi connectivity index (χ4n) is 2.05. The molecule has 0 saturated carbocycles. The molecule has 0 atom stereocenters. The van der Waals surface area contributed by atoms with Gasteiger partial charge in [0, 0.05) is 18.8 Å². The van der Waals surface area contributed by atoms with E-state index in [1.54, 1.807) is 12.4 Å². The fraction of sp³-hybridized carbons (Fsp3) is 0.333. The minimum Gasteiger partial charge on any atom is -0.295 e. The summed E-state index contributed by atoms with van der Waals surface area (Å²) in [5.74, 6) is -0.145. The highest BCUT2D eigenvalue weighted by atomic mass is 32.1. The van der Waals surface area contributed by atoms with Gasteiger partial charge in [-0.05, 0) is 19.2 Å². The molecule has 22 heavy (non-hydrogen) atoms. The Bertz CT molecular complexity index is 618. The number of carbonyl (C=O) groups is 1. The molecule has 0 unspecified atom stereocenters. The van der Waals surface area contributed by atoms with Crippen molar-refractivity contribution in [2.45, 2.75) is 19.9 Å². The van der Waals surface area contributed by atoms with Gasteiger partial charge in [0.05, 0.1) is 17.9 Å². The van der Waals surface area contributed by atoms with Crippen molar-refractivity contribution < 1.29 is 13.6 Å². The maximum absolute atomic E-state index is 12.3. The van der Waals surface area contributed by atoms with Gasteiger partial charge in [0.25, 0.3) is 6.43 Å². The highest BCUT2D eigenvalue weighted by Crippen LogP contribution is 2.28. The number of rotatable bonds is 6. The number of hydrogen-bond acceptors (Lipinski definition) is 4. The minimum absolute atomic E-state index is 0.145. The highest BCUT2D eigenvalue weighted by Gasteiger charge is 2.18. The van der Waals surface area contributed by atoms with Gasteiger partial charge < -0.3 is 0 Å². The van der Waals surface area contributed by atoms with Crippen molar-refractivity contribution in [2.24, 2.45) is 0 Å². The van der Waals surface area contributed by atoms with Crippen LogP contribution in [0.5, 0.6) is 0 Å². The Morgan fingerprint density at radius 2 is 2.00 bits per heavy atom. The zero-order valence-corrected chi connectivity index (χ0v) is 13.2. The lowest BCUT2D eigenvalue weighted by Gasteiger charge is -2.18. The number of halogens is 2. The van der Waals surface area contributed by atoms with Crippen molar-refractivity contribution in [1.29, 1.82) is 0 Å². The SMILES string of the molecule is CC(=O)N(c1ccccc1)c1nc(CN(C)CC(F)F)cs1. The Morgan fingerprint density at radius 1 is 1.32 bits per heavy atom. The summed E-state index contributed by atoms with van der Waals surface area (Å²) < 4.78 is 24.7. The van der Waals surface area contributed by atoms with E-state index in [1.807, 2.05) is 30.3 Å². The molecule has 2 aromatic rings. The van der Waals surface area contributed by atoms with Gasteiger partial charge in [-0.2, -0.15) is 0 Å². The predicted molar refractivity (Wildman–Crippen MR) is 83.7 cm³/mol. The smallest absolute Gasteiger partial charge is 0.251 e. The van der Waals surface area contributed by atoms with E-state index in [-0.39, 0.29) is 12.5 Å². The predicted octanol–water partition coefficient (Wildman–Crippen LogP) is 3.52. The van der Waals surface area contributed by atoms with Gasteiger partial charge in [-0.1, -0.05) is 18.2 Å². The molecule has 0 spiro atoms. The summed E-state index contributed by atoms with van der Waals surface area (Å²) >= 11 is 1.32. The maximum Gasteiger partial charge on any atom is 0.251 e. The van der Waals surface area contributed by atoms with E-state index in [0.29, 0.717) is 17.4 Å². The second-order valence-electron chi connectivity index (χ2n) is 4.90. The average Bonchev–Trinajstić information content (AvgIpc) is 2.86. The number of nitrogens with zero attached hydrogens (tertiary/aromatic N) is 3. The van der Waals surface area contributed by atoms with Crippen molar-refractivity contribution >= 4 is 28.1 Å². The largest absolute Gasteiger partial charge is 0.295 e. The van der Waals surface area contributed by atoms with Crippen molar-refractivity contribution in [2.75, 3.05) is 18.5 Å². The van der Waals surface area contributed by atoms with Crippen molar-refractivity contribution in [3.05, 3.63) is 41.4 Å². The lowest BCUT2D eigenvalue weighted by atomic mass is 10.3. The first-order valence-corrected chi connectivity index (χ1v) is 7.62. The third kappa shape index (κ3) is 4.32. The molecule has 7 heteroatoms. The molecular formula is C15H17F2N3OS. The lowest BCUT2D eigenvalue weighted by Crippen LogP contribution is -2.25.